The monoisotopic (exact) mass is 253 g/mol. The maximum Gasteiger partial charge on any atom is 0.0690 e. The maximum atomic E-state index is 10.9. The molecule has 0 radical (unpaired) electrons. The Morgan fingerprint density at radius 1 is 1.17 bits per heavy atom. The molecule has 0 aromatic carbocycles. The van der Waals surface area contributed by atoms with Crippen molar-refractivity contribution in [2.45, 2.75) is 77.2 Å². The molecule has 2 heteroatoms. The minimum absolute atomic E-state index is 0.000167. The topological polar surface area (TPSA) is 46.2 Å². The van der Waals surface area contributed by atoms with Gasteiger partial charge < -0.3 is 10.8 Å². The van der Waals surface area contributed by atoms with Gasteiger partial charge in [-0.3, -0.25) is 0 Å². The standard InChI is InChI=1S/C16H31NO/c1-3-4-13-7-9-16(12-17,10-8-13)15(2,18)11-14-5-6-14/h13-14,18H,3-12,17H2,1-2H3. The van der Waals surface area contributed by atoms with E-state index < -0.39 is 5.60 Å². The highest BCUT2D eigenvalue weighted by Crippen LogP contribution is 2.51. The molecule has 18 heavy (non-hydrogen) atoms. The van der Waals surface area contributed by atoms with Crippen LogP contribution >= 0.6 is 0 Å². The van der Waals surface area contributed by atoms with Crippen molar-refractivity contribution < 1.29 is 5.11 Å². The first kappa shape index (κ1) is 14.3. The van der Waals surface area contributed by atoms with Crippen molar-refractivity contribution in [2.75, 3.05) is 6.54 Å². The van der Waals surface area contributed by atoms with Gasteiger partial charge >= 0.3 is 0 Å². The summed E-state index contributed by atoms with van der Waals surface area (Å²) in [6, 6.07) is 0. The summed E-state index contributed by atoms with van der Waals surface area (Å²) < 4.78 is 0. The van der Waals surface area contributed by atoms with E-state index in [0.717, 1.165) is 31.1 Å². The zero-order valence-electron chi connectivity index (χ0n) is 12.3. The Kier molecular flexibility index (Phi) is 4.38. The molecule has 0 aromatic rings. The molecule has 2 fully saturated rings. The van der Waals surface area contributed by atoms with Crippen molar-refractivity contribution in [1.82, 2.24) is 0 Å². The summed E-state index contributed by atoms with van der Waals surface area (Å²) in [5.74, 6) is 1.66. The molecule has 2 nitrogen and oxygen atoms in total. The molecule has 0 spiro atoms. The SMILES string of the molecule is CCCC1CCC(CN)(C(C)(O)CC2CC2)CC1. The molecule has 0 amide bonds. The van der Waals surface area contributed by atoms with Gasteiger partial charge in [0.25, 0.3) is 0 Å². The Morgan fingerprint density at radius 2 is 1.78 bits per heavy atom. The molecule has 106 valence electrons. The van der Waals surface area contributed by atoms with Crippen LogP contribution in [0.25, 0.3) is 0 Å². The average molecular weight is 253 g/mol. The van der Waals surface area contributed by atoms with E-state index in [2.05, 4.69) is 13.8 Å². The van der Waals surface area contributed by atoms with Crippen molar-refractivity contribution >= 4 is 0 Å². The van der Waals surface area contributed by atoms with Crippen molar-refractivity contribution in [3.63, 3.8) is 0 Å². The van der Waals surface area contributed by atoms with E-state index in [1.807, 2.05) is 0 Å². The summed E-state index contributed by atoms with van der Waals surface area (Å²) in [6.45, 7) is 4.98. The van der Waals surface area contributed by atoms with Gasteiger partial charge in [-0.05, 0) is 50.9 Å². The molecule has 0 aromatic heterocycles. The fraction of sp³-hybridized carbons (Fsp3) is 1.00. The van der Waals surface area contributed by atoms with Crippen molar-refractivity contribution in [3.8, 4) is 0 Å². The van der Waals surface area contributed by atoms with Gasteiger partial charge in [0, 0.05) is 12.0 Å². The van der Waals surface area contributed by atoms with Crippen LogP contribution in [0.5, 0.6) is 0 Å². The minimum atomic E-state index is -0.542. The van der Waals surface area contributed by atoms with Crippen LogP contribution in [-0.4, -0.2) is 17.3 Å². The molecule has 1 atom stereocenters. The lowest BCUT2D eigenvalue weighted by molar-refractivity contribution is -0.100. The van der Waals surface area contributed by atoms with Crippen LogP contribution in [0, 0.1) is 17.3 Å². The third-order valence-corrected chi connectivity index (χ3v) is 5.68. The van der Waals surface area contributed by atoms with E-state index in [0.29, 0.717) is 6.54 Å². The molecule has 2 aliphatic carbocycles. The molecule has 2 rings (SSSR count). The lowest BCUT2D eigenvalue weighted by atomic mass is 9.60. The van der Waals surface area contributed by atoms with Gasteiger partial charge in [-0.1, -0.05) is 32.6 Å². The summed E-state index contributed by atoms with van der Waals surface area (Å²) in [7, 11) is 0. The van der Waals surface area contributed by atoms with E-state index >= 15 is 0 Å². The normalized spacial score (nSPS) is 36.3. The molecule has 1 unspecified atom stereocenters. The highest BCUT2D eigenvalue weighted by Gasteiger charge is 2.49. The summed E-state index contributed by atoms with van der Waals surface area (Å²) in [5.41, 5.74) is 5.54. The molecule has 0 saturated heterocycles. The fourth-order valence-electron chi connectivity index (χ4n) is 3.99. The molecule has 2 aliphatic rings. The Morgan fingerprint density at radius 3 is 2.22 bits per heavy atom. The Bertz CT molecular complexity index is 262. The van der Waals surface area contributed by atoms with Gasteiger partial charge in [0.2, 0.25) is 0 Å². The molecule has 2 saturated carbocycles. The third-order valence-electron chi connectivity index (χ3n) is 5.68. The Balaban J connectivity index is 1.97. The van der Waals surface area contributed by atoms with Crippen molar-refractivity contribution in [1.29, 1.82) is 0 Å². The van der Waals surface area contributed by atoms with E-state index in [4.69, 9.17) is 5.73 Å². The number of rotatable bonds is 6. The van der Waals surface area contributed by atoms with Crippen molar-refractivity contribution in [2.24, 2.45) is 23.0 Å². The average Bonchev–Trinajstić information content (AvgIpc) is 3.13. The highest BCUT2D eigenvalue weighted by molar-refractivity contribution is 5.01. The molecule has 0 aliphatic heterocycles. The summed E-state index contributed by atoms with van der Waals surface area (Å²) in [4.78, 5) is 0. The Hall–Kier alpha value is -0.0800. The van der Waals surface area contributed by atoms with Crippen LogP contribution in [0.2, 0.25) is 0 Å². The molecule has 0 bridgehead atoms. The van der Waals surface area contributed by atoms with Crippen LogP contribution in [-0.2, 0) is 0 Å². The third kappa shape index (κ3) is 2.91. The highest BCUT2D eigenvalue weighted by atomic mass is 16.3. The second kappa shape index (κ2) is 5.50. The van der Waals surface area contributed by atoms with Gasteiger partial charge in [-0.25, -0.2) is 0 Å². The molecule has 3 N–H and O–H groups in total. The molecular formula is C16H31NO. The first-order valence-corrected chi connectivity index (χ1v) is 7.95. The van der Waals surface area contributed by atoms with Crippen LogP contribution < -0.4 is 5.73 Å². The predicted molar refractivity (Wildman–Crippen MR) is 76.3 cm³/mol. The number of hydrogen-bond acceptors (Lipinski definition) is 2. The largest absolute Gasteiger partial charge is 0.390 e. The minimum Gasteiger partial charge on any atom is -0.390 e. The van der Waals surface area contributed by atoms with Crippen LogP contribution in [0.3, 0.4) is 0 Å². The van der Waals surface area contributed by atoms with Gasteiger partial charge in [0.1, 0.15) is 0 Å². The van der Waals surface area contributed by atoms with E-state index in [1.54, 1.807) is 0 Å². The smallest absolute Gasteiger partial charge is 0.0690 e. The van der Waals surface area contributed by atoms with E-state index in [1.165, 1.54) is 38.5 Å². The first-order chi connectivity index (χ1) is 8.53. The summed E-state index contributed by atoms with van der Waals surface area (Å²) >= 11 is 0. The second-order valence-electron chi connectivity index (χ2n) is 7.14. The lowest BCUT2D eigenvalue weighted by Gasteiger charge is -2.49. The molecular weight excluding hydrogens is 222 g/mol. The maximum absolute atomic E-state index is 10.9. The lowest BCUT2D eigenvalue weighted by Crippen LogP contribution is -2.52. The number of nitrogens with two attached hydrogens (primary N) is 1. The quantitative estimate of drug-likeness (QED) is 0.761. The van der Waals surface area contributed by atoms with Gasteiger partial charge in [-0.2, -0.15) is 0 Å². The van der Waals surface area contributed by atoms with Gasteiger partial charge in [0.15, 0.2) is 0 Å². The Labute approximate surface area is 112 Å². The van der Waals surface area contributed by atoms with Gasteiger partial charge in [0.05, 0.1) is 5.60 Å². The van der Waals surface area contributed by atoms with E-state index in [9.17, 15) is 5.11 Å². The number of aliphatic hydroxyl groups is 1. The summed E-state index contributed by atoms with van der Waals surface area (Å²) in [5, 5.41) is 10.9. The van der Waals surface area contributed by atoms with Gasteiger partial charge in [-0.15, -0.1) is 0 Å². The van der Waals surface area contributed by atoms with Crippen molar-refractivity contribution in [3.05, 3.63) is 0 Å². The zero-order chi connectivity index (χ0) is 13.2. The predicted octanol–water partition coefficient (Wildman–Crippen LogP) is 3.47. The second-order valence-corrected chi connectivity index (χ2v) is 7.14. The summed E-state index contributed by atoms with van der Waals surface area (Å²) in [6.07, 6.45) is 11.1. The zero-order valence-corrected chi connectivity index (χ0v) is 12.3. The fourth-order valence-corrected chi connectivity index (χ4v) is 3.99. The van der Waals surface area contributed by atoms with E-state index in [-0.39, 0.29) is 5.41 Å². The van der Waals surface area contributed by atoms with Crippen LogP contribution in [0.15, 0.2) is 0 Å². The van der Waals surface area contributed by atoms with Crippen LogP contribution in [0.4, 0.5) is 0 Å². The molecule has 0 heterocycles. The van der Waals surface area contributed by atoms with Crippen LogP contribution in [0.1, 0.15) is 71.6 Å². The number of hydrogen-bond donors (Lipinski definition) is 2. The first-order valence-electron chi connectivity index (χ1n) is 7.95.